The molecule has 0 spiro atoms. The van der Waals surface area contributed by atoms with Gasteiger partial charge in [0.15, 0.2) is 5.78 Å². The number of nitrogens with zero attached hydrogens (tertiary/aromatic N) is 1. The van der Waals surface area contributed by atoms with Crippen LogP contribution in [-0.2, 0) is 0 Å². The van der Waals surface area contributed by atoms with Crippen LogP contribution in [0.2, 0.25) is 0 Å². The van der Waals surface area contributed by atoms with E-state index in [1.165, 1.54) is 18.3 Å². The number of benzene rings is 1. The molecule has 0 aliphatic carbocycles. The summed E-state index contributed by atoms with van der Waals surface area (Å²) in [5.74, 6) is 0.761. The Balaban J connectivity index is 2.39. The summed E-state index contributed by atoms with van der Waals surface area (Å²) in [5, 5.41) is 2.61. The molecule has 0 fully saturated rings. The van der Waals surface area contributed by atoms with Gasteiger partial charge in [0.05, 0.1) is 11.6 Å². The second-order valence-electron chi connectivity index (χ2n) is 3.44. The van der Waals surface area contributed by atoms with Crippen molar-refractivity contribution < 1.29 is 9.53 Å². The molecule has 0 radical (unpaired) electrons. The van der Waals surface area contributed by atoms with Crippen molar-refractivity contribution in [3.05, 3.63) is 33.7 Å². The van der Waals surface area contributed by atoms with E-state index in [-0.39, 0.29) is 5.78 Å². The van der Waals surface area contributed by atoms with Crippen LogP contribution in [0, 0.1) is 0 Å². The minimum atomic E-state index is -0.0138. The molecular formula is C12H10BrNO2S. The number of rotatable bonds is 3. The van der Waals surface area contributed by atoms with Crippen LogP contribution >= 0.6 is 27.3 Å². The van der Waals surface area contributed by atoms with E-state index in [2.05, 4.69) is 20.9 Å². The maximum absolute atomic E-state index is 11.2. The molecule has 3 nitrogen and oxygen atoms in total. The summed E-state index contributed by atoms with van der Waals surface area (Å²) < 4.78 is 6.03. The van der Waals surface area contributed by atoms with Crippen molar-refractivity contribution >= 4 is 33.0 Å². The van der Waals surface area contributed by atoms with E-state index in [1.807, 2.05) is 18.2 Å². The number of ketones is 1. The van der Waals surface area contributed by atoms with Crippen LogP contribution in [0.4, 0.5) is 0 Å². The van der Waals surface area contributed by atoms with Crippen molar-refractivity contribution in [3.63, 3.8) is 0 Å². The number of halogens is 1. The van der Waals surface area contributed by atoms with E-state index in [9.17, 15) is 4.79 Å². The zero-order chi connectivity index (χ0) is 12.4. The summed E-state index contributed by atoms with van der Waals surface area (Å²) >= 11 is 4.88. The highest BCUT2D eigenvalue weighted by molar-refractivity contribution is 9.10. The average molecular weight is 312 g/mol. The minimum absolute atomic E-state index is 0.0138. The van der Waals surface area contributed by atoms with Crippen LogP contribution in [-0.4, -0.2) is 17.9 Å². The zero-order valence-corrected chi connectivity index (χ0v) is 11.8. The highest BCUT2D eigenvalue weighted by Gasteiger charge is 2.09. The molecule has 88 valence electrons. The van der Waals surface area contributed by atoms with Gasteiger partial charge in [-0.2, -0.15) is 0 Å². The van der Waals surface area contributed by atoms with Gasteiger partial charge >= 0.3 is 0 Å². The Morgan fingerprint density at radius 3 is 2.76 bits per heavy atom. The second-order valence-corrected chi connectivity index (χ2v) is 5.16. The predicted molar refractivity (Wildman–Crippen MR) is 71.8 cm³/mol. The van der Waals surface area contributed by atoms with E-state index in [0.29, 0.717) is 5.69 Å². The lowest BCUT2D eigenvalue weighted by molar-refractivity contribution is 0.101. The highest BCUT2D eigenvalue weighted by Crippen LogP contribution is 2.31. The zero-order valence-electron chi connectivity index (χ0n) is 9.36. The summed E-state index contributed by atoms with van der Waals surface area (Å²) in [6, 6.07) is 5.72. The molecule has 0 atom stereocenters. The molecule has 1 aromatic carbocycles. The molecule has 0 aliphatic heterocycles. The van der Waals surface area contributed by atoms with Gasteiger partial charge in [-0.3, -0.25) is 4.79 Å². The van der Waals surface area contributed by atoms with Gasteiger partial charge in [0.1, 0.15) is 16.5 Å². The average Bonchev–Trinajstić information content (AvgIpc) is 2.78. The Kier molecular flexibility index (Phi) is 3.59. The summed E-state index contributed by atoms with van der Waals surface area (Å²) in [7, 11) is 1.62. The Morgan fingerprint density at radius 2 is 2.24 bits per heavy atom. The largest absolute Gasteiger partial charge is 0.496 e. The highest BCUT2D eigenvalue weighted by atomic mass is 79.9. The van der Waals surface area contributed by atoms with Crippen LogP contribution in [0.3, 0.4) is 0 Å². The van der Waals surface area contributed by atoms with Crippen LogP contribution in [0.5, 0.6) is 5.75 Å². The van der Waals surface area contributed by atoms with Gasteiger partial charge in [-0.1, -0.05) is 0 Å². The van der Waals surface area contributed by atoms with Crippen molar-refractivity contribution in [1.82, 2.24) is 4.98 Å². The Bertz CT molecular complexity index is 565. The number of hydrogen-bond donors (Lipinski definition) is 0. The first-order valence-corrected chi connectivity index (χ1v) is 6.59. The summed E-state index contributed by atoms with van der Waals surface area (Å²) in [5.41, 5.74) is 1.48. The normalized spacial score (nSPS) is 10.3. The van der Waals surface area contributed by atoms with Crippen LogP contribution in [0.25, 0.3) is 10.6 Å². The maximum Gasteiger partial charge on any atom is 0.178 e. The first kappa shape index (κ1) is 12.3. The number of aromatic nitrogens is 1. The lowest BCUT2D eigenvalue weighted by Gasteiger charge is -2.04. The van der Waals surface area contributed by atoms with E-state index < -0.39 is 0 Å². The van der Waals surface area contributed by atoms with Gasteiger partial charge in [-0.25, -0.2) is 4.98 Å². The van der Waals surface area contributed by atoms with E-state index in [1.54, 1.807) is 12.5 Å². The van der Waals surface area contributed by atoms with Crippen LogP contribution in [0.15, 0.2) is 28.1 Å². The minimum Gasteiger partial charge on any atom is -0.496 e. The van der Waals surface area contributed by atoms with Gasteiger partial charge < -0.3 is 4.74 Å². The molecule has 0 amide bonds. The quantitative estimate of drug-likeness (QED) is 0.810. The SMILES string of the molecule is COc1ccc(-c2nc(C(C)=O)cs2)cc1Br. The molecule has 5 heteroatoms. The van der Waals surface area contributed by atoms with Crippen molar-refractivity contribution in [2.45, 2.75) is 6.92 Å². The van der Waals surface area contributed by atoms with E-state index in [0.717, 1.165) is 20.8 Å². The molecular weight excluding hydrogens is 302 g/mol. The van der Waals surface area contributed by atoms with Crippen LogP contribution < -0.4 is 4.74 Å². The number of methoxy groups -OCH3 is 1. The molecule has 0 aliphatic rings. The number of hydrogen-bond acceptors (Lipinski definition) is 4. The molecule has 1 heterocycles. The van der Waals surface area contributed by atoms with Crippen molar-refractivity contribution in [3.8, 4) is 16.3 Å². The number of thiazole rings is 1. The molecule has 0 bridgehead atoms. The molecule has 0 saturated carbocycles. The molecule has 2 rings (SSSR count). The molecule has 0 N–H and O–H groups in total. The molecule has 0 unspecified atom stereocenters. The molecule has 17 heavy (non-hydrogen) atoms. The fraction of sp³-hybridized carbons (Fsp3) is 0.167. The Labute approximate surface area is 112 Å². The van der Waals surface area contributed by atoms with Crippen molar-refractivity contribution in [2.24, 2.45) is 0 Å². The third kappa shape index (κ3) is 2.56. The van der Waals surface area contributed by atoms with Gasteiger partial charge in [-0.15, -0.1) is 11.3 Å². The van der Waals surface area contributed by atoms with Gasteiger partial charge in [-0.05, 0) is 34.1 Å². The predicted octanol–water partition coefficient (Wildman–Crippen LogP) is 3.78. The third-order valence-corrected chi connectivity index (χ3v) is 3.77. The van der Waals surface area contributed by atoms with Gasteiger partial charge in [0.25, 0.3) is 0 Å². The fourth-order valence-electron chi connectivity index (χ4n) is 1.37. The maximum atomic E-state index is 11.2. The first-order chi connectivity index (χ1) is 8.11. The summed E-state index contributed by atoms with van der Waals surface area (Å²) in [6.07, 6.45) is 0. The third-order valence-electron chi connectivity index (χ3n) is 2.26. The second kappa shape index (κ2) is 4.98. The van der Waals surface area contributed by atoms with E-state index in [4.69, 9.17) is 4.74 Å². The Hall–Kier alpha value is -1.20. The molecule has 2 aromatic rings. The van der Waals surface area contributed by atoms with Crippen molar-refractivity contribution in [1.29, 1.82) is 0 Å². The van der Waals surface area contributed by atoms with Crippen LogP contribution in [0.1, 0.15) is 17.4 Å². The Morgan fingerprint density at radius 1 is 1.47 bits per heavy atom. The fourth-order valence-corrected chi connectivity index (χ4v) is 2.76. The lowest BCUT2D eigenvalue weighted by atomic mass is 10.2. The number of carbonyl (C=O) groups excluding carboxylic acids is 1. The lowest BCUT2D eigenvalue weighted by Crippen LogP contribution is -1.91. The molecule has 1 aromatic heterocycles. The monoisotopic (exact) mass is 311 g/mol. The van der Waals surface area contributed by atoms with E-state index >= 15 is 0 Å². The number of carbonyl (C=O) groups is 1. The van der Waals surface area contributed by atoms with Crippen molar-refractivity contribution in [2.75, 3.05) is 7.11 Å². The first-order valence-electron chi connectivity index (χ1n) is 4.92. The molecule has 0 saturated heterocycles. The standard InChI is InChI=1S/C12H10BrNO2S/c1-7(15)10-6-17-12(14-10)8-3-4-11(16-2)9(13)5-8/h3-6H,1-2H3. The smallest absolute Gasteiger partial charge is 0.178 e. The number of ether oxygens (including phenoxy) is 1. The number of Topliss-reactive ketones (excluding diaryl/α,β-unsaturated/α-hetero) is 1. The topological polar surface area (TPSA) is 39.2 Å². The summed E-state index contributed by atoms with van der Waals surface area (Å²) in [6.45, 7) is 1.52. The summed E-state index contributed by atoms with van der Waals surface area (Å²) in [4.78, 5) is 15.5. The van der Waals surface area contributed by atoms with Gasteiger partial charge in [0, 0.05) is 17.9 Å². The van der Waals surface area contributed by atoms with Gasteiger partial charge in [0.2, 0.25) is 0 Å².